The molecule has 0 radical (unpaired) electrons. The first-order valence-corrected chi connectivity index (χ1v) is 9.90. The molecule has 1 aliphatic carbocycles. The topological polar surface area (TPSA) is 83.1 Å². The zero-order valence-electron chi connectivity index (χ0n) is 17.3. The van der Waals surface area contributed by atoms with Crippen molar-refractivity contribution in [2.45, 2.75) is 19.0 Å². The van der Waals surface area contributed by atoms with Crippen LogP contribution in [0.1, 0.15) is 27.0 Å². The maximum atomic E-state index is 13.6. The molecule has 2 aromatic carbocycles. The number of ketones is 1. The van der Waals surface area contributed by atoms with Crippen LogP contribution in [0.2, 0.25) is 0 Å². The van der Waals surface area contributed by atoms with E-state index >= 15 is 0 Å². The molecular formula is C23H18F4N4O2. The molecule has 170 valence electrons. The highest BCUT2D eigenvalue weighted by atomic mass is 19.4. The Balaban J connectivity index is 1.69. The van der Waals surface area contributed by atoms with Gasteiger partial charge >= 0.3 is 6.18 Å². The third-order valence-corrected chi connectivity index (χ3v) is 5.19. The van der Waals surface area contributed by atoms with Gasteiger partial charge in [-0.25, -0.2) is 9.37 Å². The number of pyridine rings is 1. The van der Waals surface area contributed by atoms with Crippen molar-refractivity contribution in [2.24, 2.45) is 0 Å². The van der Waals surface area contributed by atoms with Crippen molar-refractivity contribution < 1.29 is 27.2 Å². The minimum atomic E-state index is -4.73. The monoisotopic (exact) mass is 458 g/mol. The summed E-state index contributed by atoms with van der Waals surface area (Å²) in [6.45, 7) is 0. The molecule has 0 bridgehead atoms. The smallest absolute Gasteiger partial charge is 0.355 e. The van der Waals surface area contributed by atoms with E-state index in [0.29, 0.717) is 24.7 Å². The molecular weight excluding hydrogens is 440 g/mol. The number of nitrogens with zero attached hydrogens (tertiary/aromatic N) is 1. The van der Waals surface area contributed by atoms with E-state index in [9.17, 15) is 27.2 Å². The Kier molecular flexibility index (Phi) is 5.75. The molecule has 1 amide bonds. The number of halogens is 4. The summed E-state index contributed by atoms with van der Waals surface area (Å²) in [4.78, 5) is 27.6. The number of aromatic nitrogens is 1. The molecule has 3 aromatic rings. The predicted molar refractivity (Wildman–Crippen MR) is 114 cm³/mol. The quantitative estimate of drug-likeness (QED) is 0.481. The van der Waals surface area contributed by atoms with Gasteiger partial charge in [-0.15, -0.1) is 0 Å². The molecule has 0 unspecified atom stereocenters. The Morgan fingerprint density at radius 2 is 1.73 bits per heavy atom. The minimum Gasteiger partial charge on any atom is -0.355 e. The van der Waals surface area contributed by atoms with E-state index in [1.807, 2.05) is 0 Å². The largest absolute Gasteiger partial charge is 0.419 e. The van der Waals surface area contributed by atoms with Crippen molar-refractivity contribution in [3.8, 4) is 0 Å². The number of Topliss-reactive ketones (excluding diaryl/α,β-unsaturated/α-hetero) is 1. The van der Waals surface area contributed by atoms with Crippen molar-refractivity contribution in [2.75, 3.05) is 17.7 Å². The fraction of sp³-hybridized carbons (Fsp3) is 0.174. The first kappa shape index (κ1) is 22.3. The van der Waals surface area contributed by atoms with Crippen LogP contribution < -0.4 is 16.0 Å². The molecule has 0 saturated carbocycles. The Hall–Kier alpha value is -3.95. The third-order valence-electron chi connectivity index (χ3n) is 5.19. The third kappa shape index (κ3) is 4.79. The summed E-state index contributed by atoms with van der Waals surface area (Å²) >= 11 is 0. The maximum Gasteiger partial charge on any atom is 0.419 e. The van der Waals surface area contributed by atoms with Gasteiger partial charge in [0.1, 0.15) is 17.4 Å². The molecule has 0 atom stereocenters. The molecule has 6 nitrogen and oxygen atoms in total. The van der Waals surface area contributed by atoms with Crippen LogP contribution >= 0.6 is 0 Å². The van der Waals surface area contributed by atoms with Crippen LogP contribution in [0.25, 0.3) is 0 Å². The first-order chi connectivity index (χ1) is 15.6. The van der Waals surface area contributed by atoms with Gasteiger partial charge in [0.05, 0.1) is 22.5 Å². The molecule has 0 spiro atoms. The molecule has 0 fully saturated rings. The summed E-state index contributed by atoms with van der Waals surface area (Å²) in [5.41, 5.74) is 0.764. The second-order valence-corrected chi connectivity index (χ2v) is 7.51. The number of hydrogen-bond acceptors (Lipinski definition) is 5. The van der Waals surface area contributed by atoms with E-state index in [-0.39, 0.29) is 28.5 Å². The van der Waals surface area contributed by atoms with Gasteiger partial charge < -0.3 is 16.0 Å². The van der Waals surface area contributed by atoms with Crippen LogP contribution in [-0.4, -0.2) is 23.7 Å². The zero-order valence-corrected chi connectivity index (χ0v) is 17.3. The Morgan fingerprint density at radius 3 is 2.45 bits per heavy atom. The lowest BCUT2D eigenvalue weighted by Crippen LogP contribution is -2.20. The molecule has 1 heterocycles. The highest BCUT2D eigenvalue weighted by Gasteiger charge is 2.34. The Labute approximate surface area is 186 Å². The van der Waals surface area contributed by atoms with Gasteiger partial charge in [0.25, 0.3) is 5.91 Å². The van der Waals surface area contributed by atoms with Gasteiger partial charge in [-0.05, 0) is 41.5 Å². The van der Waals surface area contributed by atoms with E-state index in [2.05, 4.69) is 20.9 Å². The van der Waals surface area contributed by atoms with E-state index in [4.69, 9.17) is 0 Å². The normalized spacial score (nSPS) is 12.9. The molecule has 4 rings (SSSR count). The van der Waals surface area contributed by atoms with Crippen LogP contribution in [0.4, 0.5) is 40.4 Å². The van der Waals surface area contributed by atoms with Crippen molar-refractivity contribution >= 4 is 34.6 Å². The second-order valence-electron chi connectivity index (χ2n) is 7.51. The van der Waals surface area contributed by atoms with Crippen LogP contribution in [0, 0.1) is 5.82 Å². The fourth-order valence-corrected chi connectivity index (χ4v) is 3.62. The summed E-state index contributed by atoms with van der Waals surface area (Å²) < 4.78 is 54.5. The van der Waals surface area contributed by atoms with Gasteiger partial charge in [0.2, 0.25) is 0 Å². The lowest BCUT2D eigenvalue weighted by Gasteiger charge is -2.18. The van der Waals surface area contributed by atoms with E-state index in [0.717, 1.165) is 29.3 Å². The number of rotatable bonds is 5. The van der Waals surface area contributed by atoms with Gasteiger partial charge in [0, 0.05) is 37.8 Å². The van der Waals surface area contributed by atoms with Crippen molar-refractivity contribution in [1.29, 1.82) is 0 Å². The second kappa shape index (κ2) is 8.53. The minimum absolute atomic E-state index is 0.00515. The van der Waals surface area contributed by atoms with Gasteiger partial charge in [0.15, 0.2) is 0 Å². The highest BCUT2D eigenvalue weighted by Crippen LogP contribution is 2.38. The number of nitrogens with one attached hydrogen (secondary N) is 3. The number of carbonyl (C=O) groups excluding carboxylic acids is 2. The van der Waals surface area contributed by atoms with Crippen molar-refractivity contribution in [1.82, 2.24) is 10.3 Å². The average Bonchev–Trinajstić information content (AvgIpc) is 3.13. The van der Waals surface area contributed by atoms with Crippen molar-refractivity contribution in [3.63, 3.8) is 0 Å². The average molecular weight is 458 g/mol. The number of anilines is 4. The molecule has 0 aliphatic heterocycles. The Morgan fingerprint density at radius 1 is 0.970 bits per heavy atom. The van der Waals surface area contributed by atoms with Crippen LogP contribution in [0.5, 0.6) is 0 Å². The summed E-state index contributed by atoms with van der Waals surface area (Å²) in [7, 11) is 1.33. The van der Waals surface area contributed by atoms with Gasteiger partial charge in [-0.3, -0.25) is 9.59 Å². The highest BCUT2D eigenvalue weighted by molar-refractivity contribution is 6.00. The molecule has 1 aliphatic rings. The van der Waals surface area contributed by atoms with E-state index < -0.39 is 23.5 Å². The lowest BCUT2D eigenvalue weighted by molar-refractivity contribution is -0.137. The maximum absolute atomic E-state index is 13.6. The standard InChI is InChI=1S/C23H18F4N4O2/c1-28-22(33)17-9-14(24)3-5-19(17)31-20-10-21(29-11-18(20)23(25,26)27)30-15-4-2-12-7-16(32)8-13(12)6-15/h2-6,9-11H,7-8H2,1H3,(H,28,33)(H2,29,30,31). The SMILES string of the molecule is CNC(=O)c1cc(F)ccc1Nc1cc(Nc2ccc3c(c2)CC(=O)C3)ncc1C(F)(F)F. The number of alkyl halides is 3. The molecule has 3 N–H and O–H groups in total. The predicted octanol–water partition coefficient (Wildman–Crippen LogP) is 4.75. The Bertz CT molecular complexity index is 1260. The van der Waals surface area contributed by atoms with Crippen molar-refractivity contribution in [3.05, 3.63) is 76.7 Å². The van der Waals surface area contributed by atoms with Crippen LogP contribution in [-0.2, 0) is 23.8 Å². The lowest BCUT2D eigenvalue weighted by atomic mass is 10.1. The summed E-state index contributed by atoms with van der Waals surface area (Å²) in [5, 5.41) is 7.86. The summed E-state index contributed by atoms with van der Waals surface area (Å²) in [5.74, 6) is -1.15. The number of carbonyl (C=O) groups is 2. The first-order valence-electron chi connectivity index (χ1n) is 9.90. The number of fused-ring (bicyclic) bond motifs is 1. The molecule has 10 heteroatoms. The summed E-state index contributed by atoms with van der Waals surface area (Å²) in [6, 6.07) is 9.57. The van der Waals surface area contributed by atoms with Crippen LogP contribution in [0.3, 0.4) is 0 Å². The fourth-order valence-electron chi connectivity index (χ4n) is 3.62. The summed E-state index contributed by atoms with van der Waals surface area (Å²) in [6.07, 6.45) is -3.38. The molecule has 0 saturated heterocycles. The molecule has 1 aromatic heterocycles. The molecule has 33 heavy (non-hydrogen) atoms. The van der Waals surface area contributed by atoms with Gasteiger partial charge in [-0.1, -0.05) is 6.07 Å². The number of amides is 1. The zero-order chi connectivity index (χ0) is 23.8. The number of benzene rings is 2. The number of hydrogen-bond donors (Lipinski definition) is 3. The van der Waals surface area contributed by atoms with E-state index in [1.165, 1.54) is 13.1 Å². The van der Waals surface area contributed by atoms with Crippen LogP contribution in [0.15, 0.2) is 48.7 Å². The van der Waals surface area contributed by atoms with Gasteiger partial charge in [-0.2, -0.15) is 13.2 Å². The van der Waals surface area contributed by atoms with E-state index in [1.54, 1.807) is 18.2 Å².